The molecule has 1 heterocycles. The lowest BCUT2D eigenvalue weighted by Crippen LogP contribution is -2.34. The van der Waals surface area contributed by atoms with Crippen LogP contribution in [0, 0.1) is 0 Å². The van der Waals surface area contributed by atoms with Crippen molar-refractivity contribution in [3.63, 3.8) is 0 Å². The van der Waals surface area contributed by atoms with Crippen LogP contribution in [0.3, 0.4) is 0 Å². The molecule has 0 saturated heterocycles. The fourth-order valence-electron chi connectivity index (χ4n) is 1.54. The van der Waals surface area contributed by atoms with Gasteiger partial charge in [0, 0.05) is 38.9 Å². The zero-order chi connectivity index (χ0) is 15.8. The first-order valence-corrected chi connectivity index (χ1v) is 6.73. The maximum atomic E-state index is 12.0. The van der Waals surface area contributed by atoms with E-state index < -0.39 is 0 Å². The molecule has 2 N–H and O–H groups in total. The summed E-state index contributed by atoms with van der Waals surface area (Å²) in [6, 6.07) is 3.14. The van der Waals surface area contributed by atoms with Gasteiger partial charge >= 0.3 is 6.03 Å². The van der Waals surface area contributed by atoms with E-state index in [-0.39, 0.29) is 18.5 Å². The SMILES string of the molecule is CN(C)CCNC(=O)c1ccnc(CNC(=O)N(C)C)c1. The predicted molar refractivity (Wildman–Crippen MR) is 81.0 cm³/mol. The van der Waals surface area contributed by atoms with Crippen LogP contribution < -0.4 is 10.6 Å². The molecule has 3 amide bonds. The highest BCUT2D eigenvalue weighted by atomic mass is 16.2. The van der Waals surface area contributed by atoms with E-state index in [1.54, 1.807) is 32.4 Å². The Morgan fingerprint density at radius 1 is 1.19 bits per heavy atom. The average Bonchev–Trinajstić information content (AvgIpc) is 2.44. The van der Waals surface area contributed by atoms with Crippen LogP contribution in [0.4, 0.5) is 4.79 Å². The molecule has 0 atom stereocenters. The van der Waals surface area contributed by atoms with Crippen molar-refractivity contribution in [2.24, 2.45) is 0 Å². The summed E-state index contributed by atoms with van der Waals surface area (Å²) in [5.41, 5.74) is 1.18. The molecular formula is C14H23N5O2. The average molecular weight is 293 g/mol. The number of nitrogens with one attached hydrogen (secondary N) is 2. The van der Waals surface area contributed by atoms with E-state index in [0.29, 0.717) is 17.8 Å². The largest absolute Gasteiger partial charge is 0.351 e. The minimum Gasteiger partial charge on any atom is -0.351 e. The molecule has 1 aromatic rings. The summed E-state index contributed by atoms with van der Waals surface area (Å²) < 4.78 is 0. The number of aromatic nitrogens is 1. The van der Waals surface area contributed by atoms with Crippen molar-refractivity contribution in [1.82, 2.24) is 25.4 Å². The van der Waals surface area contributed by atoms with Crippen molar-refractivity contribution in [2.45, 2.75) is 6.54 Å². The highest BCUT2D eigenvalue weighted by Crippen LogP contribution is 2.02. The van der Waals surface area contributed by atoms with E-state index in [2.05, 4.69) is 15.6 Å². The lowest BCUT2D eigenvalue weighted by atomic mass is 10.2. The Hall–Kier alpha value is -2.15. The molecule has 0 saturated carbocycles. The van der Waals surface area contributed by atoms with Crippen LogP contribution in [-0.2, 0) is 6.54 Å². The van der Waals surface area contributed by atoms with Gasteiger partial charge in [-0.25, -0.2) is 4.79 Å². The first-order valence-electron chi connectivity index (χ1n) is 6.73. The number of pyridine rings is 1. The van der Waals surface area contributed by atoms with Crippen LogP contribution in [0.1, 0.15) is 16.1 Å². The quantitative estimate of drug-likeness (QED) is 0.782. The number of carbonyl (C=O) groups excluding carboxylic acids is 2. The normalized spacial score (nSPS) is 10.3. The van der Waals surface area contributed by atoms with Crippen molar-refractivity contribution >= 4 is 11.9 Å². The van der Waals surface area contributed by atoms with Crippen LogP contribution in [0.25, 0.3) is 0 Å². The molecule has 0 fully saturated rings. The molecule has 1 rings (SSSR count). The van der Waals surface area contributed by atoms with Crippen molar-refractivity contribution in [1.29, 1.82) is 0 Å². The van der Waals surface area contributed by atoms with Crippen molar-refractivity contribution in [2.75, 3.05) is 41.3 Å². The molecule has 7 heteroatoms. The summed E-state index contributed by atoms with van der Waals surface area (Å²) in [6.45, 7) is 1.65. The maximum Gasteiger partial charge on any atom is 0.317 e. The number of nitrogens with zero attached hydrogens (tertiary/aromatic N) is 3. The van der Waals surface area contributed by atoms with E-state index in [9.17, 15) is 9.59 Å². The number of amides is 3. The Balaban J connectivity index is 2.55. The van der Waals surface area contributed by atoms with Gasteiger partial charge in [0.15, 0.2) is 0 Å². The summed E-state index contributed by atoms with van der Waals surface area (Å²) in [7, 11) is 7.23. The predicted octanol–water partition coefficient (Wildman–Crippen LogP) is 0.144. The van der Waals surface area contributed by atoms with Gasteiger partial charge in [0.2, 0.25) is 0 Å². The van der Waals surface area contributed by atoms with Gasteiger partial charge in [0.05, 0.1) is 12.2 Å². The number of urea groups is 1. The first kappa shape index (κ1) is 16.9. The van der Waals surface area contributed by atoms with E-state index >= 15 is 0 Å². The first-order chi connectivity index (χ1) is 9.90. The fraction of sp³-hybridized carbons (Fsp3) is 0.500. The number of carbonyl (C=O) groups is 2. The van der Waals surface area contributed by atoms with Gasteiger partial charge in [-0.15, -0.1) is 0 Å². The van der Waals surface area contributed by atoms with Gasteiger partial charge in [0.1, 0.15) is 0 Å². The number of hydrogen-bond acceptors (Lipinski definition) is 4. The van der Waals surface area contributed by atoms with E-state index in [1.165, 1.54) is 4.90 Å². The van der Waals surface area contributed by atoms with Gasteiger partial charge in [-0.05, 0) is 26.2 Å². The second-order valence-electron chi connectivity index (χ2n) is 5.15. The molecule has 0 radical (unpaired) electrons. The molecular weight excluding hydrogens is 270 g/mol. The topological polar surface area (TPSA) is 77.6 Å². The number of hydrogen-bond donors (Lipinski definition) is 2. The number of likely N-dealkylation sites (N-methyl/N-ethyl adjacent to an activating group) is 1. The molecule has 1 aromatic heterocycles. The summed E-state index contributed by atoms with van der Waals surface area (Å²) >= 11 is 0. The second-order valence-corrected chi connectivity index (χ2v) is 5.15. The molecule has 0 unspecified atom stereocenters. The summed E-state index contributed by atoms with van der Waals surface area (Å²) in [5, 5.41) is 5.55. The summed E-state index contributed by atoms with van der Waals surface area (Å²) in [4.78, 5) is 31.0. The minimum atomic E-state index is -0.197. The lowest BCUT2D eigenvalue weighted by Gasteiger charge is -2.12. The van der Waals surface area contributed by atoms with Crippen LogP contribution in [0.15, 0.2) is 18.3 Å². The van der Waals surface area contributed by atoms with Crippen LogP contribution in [0.5, 0.6) is 0 Å². The van der Waals surface area contributed by atoms with Crippen LogP contribution in [0.2, 0.25) is 0 Å². The highest BCUT2D eigenvalue weighted by molar-refractivity contribution is 5.94. The van der Waals surface area contributed by atoms with Crippen molar-refractivity contribution in [3.05, 3.63) is 29.6 Å². The van der Waals surface area contributed by atoms with Crippen LogP contribution in [-0.4, -0.2) is 68.0 Å². The Morgan fingerprint density at radius 2 is 1.90 bits per heavy atom. The van der Waals surface area contributed by atoms with Gasteiger partial charge < -0.3 is 20.4 Å². The second kappa shape index (κ2) is 8.21. The van der Waals surface area contributed by atoms with Gasteiger partial charge in [-0.1, -0.05) is 0 Å². The molecule has 21 heavy (non-hydrogen) atoms. The molecule has 0 aliphatic carbocycles. The van der Waals surface area contributed by atoms with Gasteiger partial charge in [-0.3, -0.25) is 9.78 Å². The molecule has 0 spiro atoms. The standard InChI is InChI=1S/C14H23N5O2/c1-18(2)8-7-16-13(20)11-5-6-15-12(9-11)10-17-14(21)19(3)4/h5-6,9H,7-8,10H2,1-4H3,(H,16,20)(H,17,21). The van der Waals surface area contributed by atoms with Crippen molar-refractivity contribution in [3.8, 4) is 0 Å². The molecule has 0 bridgehead atoms. The summed E-state index contributed by atoms with van der Waals surface area (Å²) in [6.07, 6.45) is 1.57. The van der Waals surface area contributed by atoms with E-state index in [1.807, 2.05) is 19.0 Å². The Morgan fingerprint density at radius 3 is 2.52 bits per heavy atom. The van der Waals surface area contributed by atoms with E-state index in [4.69, 9.17) is 0 Å². The molecule has 116 valence electrons. The van der Waals surface area contributed by atoms with Crippen LogP contribution >= 0.6 is 0 Å². The lowest BCUT2D eigenvalue weighted by molar-refractivity contribution is 0.0951. The van der Waals surface area contributed by atoms with E-state index in [0.717, 1.165) is 6.54 Å². The third kappa shape index (κ3) is 6.22. The maximum absolute atomic E-state index is 12.0. The number of rotatable bonds is 6. The van der Waals surface area contributed by atoms with Gasteiger partial charge in [0.25, 0.3) is 5.91 Å². The Kier molecular flexibility index (Phi) is 6.61. The van der Waals surface area contributed by atoms with Crippen molar-refractivity contribution < 1.29 is 9.59 Å². The third-order valence-electron chi connectivity index (χ3n) is 2.75. The Labute approximate surface area is 125 Å². The third-order valence-corrected chi connectivity index (χ3v) is 2.75. The molecule has 0 aliphatic heterocycles. The Bertz CT molecular complexity index is 488. The monoisotopic (exact) mass is 293 g/mol. The zero-order valence-corrected chi connectivity index (χ0v) is 13.0. The molecule has 7 nitrogen and oxygen atoms in total. The summed E-state index contributed by atoms with van der Waals surface area (Å²) in [5.74, 6) is -0.139. The molecule has 0 aromatic carbocycles. The highest BCUT2D eigenvalue weighted by Gasteiger charge is 2.08. The zero-order valence-electron chi connectivity index (χ0n) is 13.0. The fourth-order valence-corrected chi connectivity index (χ4v) is 1.54. The van der Waals surface area contributed by atoms with Gasteiger partial charge in [-0.2, -0.15) is 0 Å². The smallest absolute Gasteiger partial charge is 0.317 e. The molecule has 0 aliphatic rings. The minimum absolute atomic E-state index is 0.139.